The standard InChI is InChI=1S/C22H29N3O2/c1-16(2)21(26)25(14-17-10-11-17)15-19-20(18-8-4-3-5-9-18)23-27-22(19)24-12-6-7-13-24/h3-5,8-9,16-17H,6-7,10-15H2,1-2H3. The Morgan fingerprint density at radius 1 is 1.22 bits per heavy atom. The summed E-state index contributed by atoms with van der Waals surface area (Å²) < 4.78 is 5.83. The van der Waals surface area contributed by atoms with E-state index in [1.807, 2.05) is 36.9 Å². The Hall–Kier alpha value is -2.30. The summed E-state index contributed by atoms with van der Waals surface area (Å²) in [6, 6.07) is 10.2. The normalized spacial score (nSPS) is 16.9. The molecule has 0 N–H and O–H groups in total. The van der Waals surface area contributed by atoms with E-state index in [-0.39, 0.29) is 11.8 Å². The Morgan fingerprint density at radius 2 is 1.93 bits per heavy atom. The maximum atomic E-state index is 12.9. The molecule has 4 rings (SSSR count). The summed E-state index contributed by atoms with van der Waals surface area (Å²) in [4.78, 5) is 17.2. The van der Waals surface area contributed by atoms with E-state index in [2.05, 4.69) is 22.2 Å². The minimum absolute atomic E-state index is 0.000905. The molecule has 2 heterocycles. The number of anilines is 1. The van der Waals surface area contributed by atoms with Crippen LogP contribution in [0.25, 0.3) is 11.3 Å². The highest BCUT2D eigenvalue weighted by Crippen LogP contribution is 2.36. The Labute approximate surface area is 161 Å². The highest BCUT2D eigenvalue weighted by atomic mass is 16.5. The van der Waals surface area contributed by atoms with Gasteiger partial charge in [-0.2, -0.15) is 0 Å². The van der Waals surface area contributed by atoms with Crippen molar-refractivity contribution < 1.29 is 9.32 Å². The molecule has 1 saturated carbocycles. The molecule has 144 valence electrons. The van der Waals surface area contributed by atoms with Crippen LogP contribution in [0.4, 0.5) is 5.88 Å². The van der Waals surface area contributed by atoms with Crippen LogP contribution in [0.5, 0.6) is 0 Å². The second kappa shape index (κ2) is 7.75. The minimum atomic E-state index is -0.000905. The zero-order valence-corrected chi connectivity index (χ0v) is 16.4. The van der Waals surface area contributed by atoms with E-state index in [1.165, 1.54) is 25.7 Å². The molecular formula is C22H29N3O2. The predicted molar refractivity (Wildman–Crippen MR) is 106 cm³/mol. The van der Waals surface area contributed by atoms with Crippen LogP contribution in [-0.2, 0) is 11.3 Å². The second-order valence-corrected chi connectivity index (χ2v) is 8.19. The van der Waals surface area contributed by atoms with Crippen LogP contribution in [0.1, 0.15) is 45.1 Å². The van der Waals surface area contributed by atoms with Gasteiger partial charge in [-0.15, -0.1) is 0 Å². The molecule has 1 aromatic carbocycles. The van der Waals surface area contributed by atoms with Crippen molar-refractivity contribution in [3.05, 3.63) is 35.9 Å². The summed E-state index contributed by atoms with van der Waals surface area (Å²) in [7, 11) is 0. The molecule has 0 bridgehead atoms. The van der Waals surface area contributed by atoms with E-state index in [0.717, 1.165) is 42.3 Å². The van der Waals surface area contributed by atoms with Gasteiger partial charge in [0.2, 0.25) is 11.8 Å². The number of carbonyl (C=O) groups excluding carboxylic acids is 1. The molecule has 1 amide bonds. The number of hydrogen-bond acceptors (Lipinski definition) is 4. The molecule has 1 aliphatic heterocycles. The average Bonchev–Trinajstić information content (AvgIpc) is 3.16. The molecule has 5 nitrogen and oxygen atoms in total. The van der Waals surface area contributed by atoms with E-state index < -0.39 is 0 Å². The molecule has 0 spiro atoms. The Balaban J connectivity index is 1.69. The fraction of sp³-hybridized carbons (Fsp3) is 0.545. The van der Waals surface area contributed by atoms with Crippen LogP contribution in [0.3, 0.4) is 0 Å². The van der Waals surface area contributed by atoms with Gasteiger partial charge in [-0.25, -0.2) is 0 Å². The Morgan fingerprint density at radius 3 is 2.56 bits per heavy atom. The van der Waals surface area contributed by atoms with Gasteiger partial charge in [0.1, 0.15) is 5.69 Å². The molecule has 5 heteroatoms. The quantitative estimate of drug-likeness (QED) is 0.731. The van der Waals surface area contributed by atoms with Crippen molar-refractivity contribution in [2.45, 2.75) is 46.1 Å². The van der Waals surface area contributed by atoms with Gasteiger partial charge >= 0.3 is 0 Å². The van der Waals surface area contributed by atoms with Crippen molar-refractivity contribution in [3.63, 3.8) is 0 Å². The van der Waals surface area contributed by atoms with Crippen LogP contribution in [-0.4, -0.2) is 35.6 Å². The summed E-state index contributed by atoms with van der Waals surface area (Å²) in [5.41, 5.74) is 2.97. The van der Waals surface area contributed by atoms with E-state index in [4.69, 9.17) is 4.52 Å². The molecule has 2 fully saturated rings. The average molecular weight is 367 g/mol. The van der Waals surface area contributed by atoms with E-state index in [0.29, 0.717) is 12.5 Å². The zero-order chi connectivity index (χ0) is 18.8. The highest BCUT2D eigenvalue weighted by molar-refractivity contribution is 5.79. The van der Waals surface area contributed by atoms with Gasteiger partial charge < -0.3 is 14.3 Å². The van der Waals surface area contributed by atoms with Gasteiger partial charge in [-0.1, -0.05) is 49.3 Å². The molecule has 1 aromatic heterocycles. The number of hydrogen-bond donors (Lipinski definition) is 0. The van der Waals surface area contributed by atoms with Crippen molar-refractivity contribution >= 4 is 11.8 Å². The van der Waals surface area contributed by atoms with Gasteiger partial charge in [0.05, 0.1) is 12.1 Å². The van der Waals surface area contributed by atoms with Gasteiger partial charge in [0, 0.05) is 31.1 Å². The summed E-state index contributed by atoms with van der Waals surface area (Å²) >= 11 is 0. The van der Waals surface area contributed by atoms with Crippen molar-refractivity contribution in [1.29, 1.82) is 0 Å². The van der Waals surface area contributed by atoms with Gasteiger partial charge in [-0.05, 0) is 31.6 Å². The summed E-state index contributed by atoms with van der Waals surface area (Å²) in [5.74, 6) is 1.72. The van der Waals surface area contributed by atoms with Crippen molar-refractivity contribution in [2.75, 3.05) is 24.5 Å². The van der Waals surface area contributed by atoms with Crippen molar-refractivity contribution in [3.8, 4) is 11.3 Å². The van der Waals surface area contributed by atoms with Gasteiger partial charge in [0.25, 0.3) is 0 Å². The van der Waals surface area contributed by atoms with Crippen LogP contribution in [0.2, 0.25) is 0 Å². The number of nitrogens with zero attached hydrogens (tertiary/aromatic N) is 3. The molecule has 2 aromatic rings. The van der Waals surface area contributed by atoms with Crippen molar-refractivity contribution in [2.24, 2.45) is 11.8 Å². The molecule has 0 radical (unpaired) electrons. The first-order chi connectivity index (χ1) is 13.1. The smallest absolute Gasteiger partial charge is 0.232 e. The Bertz CT molecular complexity index is 774. The first kappa shape index (κ1) is 18.1. The molecular weight excluding hydrogens is 338 g/mol. The maximum absolute atomic E-state index is 12.9. The van der Waals surface area contributed by atoms with Crippen LogP contribution in [0.15, 0.2) is 34.9 Å². The van der Waals surface area contributed by atoms with E-state index >= 15 is 0 Å². The van der Waals surface area contributed by atoms with Crippen LogP contribution >= 0.6 is 0 Å². The minimum Gasteiger partial charge on any atom is -0.340 e. The lowest BCUT2D eigenvalue weighted by molar-refractivity contribution is -0.135. The van der Waals surface area contributed by atoms with Gasteiger partial charge in [-0.3, -0.25) is 4.79 Å². The molecule has 1 aliphatic carbocycles. The second-order valence-electron chi connectivity index (χ2n) is 8.19. The number of amides is 1. The van der Waals surface area contributed by atoms with E-state index in [1.54, 1.807) is 0 Å². The highest BCUT2D eigenvalue weighted by Gasteiger charge is 2.31. The van der Waals surface area contributed by atoms with E-state index in [9.17, 15) is 4.79 Å². The lowest BCUT2D eigenvalue weighted by Gasteiger charge is -2.26. The number of benzene rings is 1. The fourth-order valence-corrected chi connectivity index (χ4v) is 3.84. The SMILES string of the molecule is CC(C)C(=O)N(Cc1c(-c2ccccc2)noc1N1CCCC1)CC1CC1. The third-order valence-corrected chi connectivity index (χ3v) is 5.54. The lowest BCUT2D eigenvalue weighted by atomic mass is 10.1. The zero-order valence-electron chi connectivity index (χ0n) is 16.4. The number of carbonyl (C=O) groups is 1. The van der Waals surface area contributed by atoms with Crippen molar-refractivity contribution in [1.82, 2.24) is 10.1 Å². The molecule has 1 saturated heterocycles. The maximum Gasteiger partial charge on any atom is 0.232 e. The number of rotatable bonds is 7. The molecule has 2 aliphatic rings. The third kappa shape index (κ3) is 4.02. The summed E-state index contributed by atoms with van der Waals surface area (Å²) in [5, 5.41) is 4.43. The first-order valence-corrected chi connectivity index (χ1v) is 10.2. The fourth-order valence-electron chi connectivity index (χ4n) is 3.84. The largest absolute Gasteiger partial charge is 0.340 e. The Kier molecular flexibility index (Phi) is 5.19. The third-order valence-electron chi connectivity index (χ3n) is 5.54. The lowest BCUT2D eigenvalue weighted by Crippen LogP contribution is -2.36. The van der Waals surface area contributed by atoms with Crippen LogP contribution < -0.4 is 4.90 Å². The monoisotopic (exact) mass is 367 g/mol. The number of aromatic nitrogens is 1. The molecule has 0 unspecified atom stereocenters. The molecule has 27 heavy (non-hydrogen) atoms. The van der Waals surface area contributed by atoms with Gasteiger partial charge in [0.15, 0.2) is 0 Å². The summed E-state index contributed by atoms with van der Waals surface area (Å²) in [6.45, 7) is 7.38. The van der Waals surface area contributed by atoms with Crippen LogP contribution in [0, 0.1) is 11.8 Å². The molecule has 0 atom stereocenters. The predicted octanol–water partition coefficient (Wildman–Crippen LogP) is 4.34. The summed E-state index contributed by atoms with van der Waals surface area (Å²) in [6.07, 6.45) is 4.82. The topological polar surface area (TPSA) is 49.6 Å². The first-order valence-electron chi connectivity index (χ1n) is 10.2.